The van der Waals surface area contributed by atoms with Gasteiger partial charge >= 0.3 is 0 Å². The molecule has 0 bridgehead atoms. The van der Waals surface area contributed by atoms with E-state index in [2.05, 4.69) is 0 Å². The van der Waals surface area contributed by atoms with Gasteiger partial charge in [0.25, 0.3) is 0 Å². The molecule has 1 aromatic rings. The predicted octanol–water partition coefficient (Wildman–Crippen LogP) is 1.25. The van der Waals surface area contributed by atoms with E-state index in [0.29, 0.717) is 13.2 Å². The number of rotatable bonds is 1. The Morgan fingerprint density at radius 3 is 2.62 bits per heavy atom. The summed E-state index contributed by atoms with van der Waals surface area (Å²) in [5.41, 5.74) is 7.07. The van der Waals surface area contributed by atoms with E-state index in [0.717, 1.165) is 30.1 Å². The highest BCUT2D eigenvalue weighted by molar-refractivity contribution is 5.44. The van der Waals surface area contributed by atoms with Crippen LogP contribution in [0.25, 0.3) is 0 Å². The van der Waals surface area contributed by atoms with Gasteiger partial charge in [-0.05, 0) is 24.1 Å². The third-order valence-electron chi connectivity index (χ3n) is 3.03. The number of hydrogen-bond donors (Lipinski definition) is 1. The van der Waals surface area contributed by atoms with E-state index in [4.69, 9.17) is 19.9 Å². The molecule has 2 N–H and O–H groups in total. The highest BCUT2D eigenvalue weighted by atomic mass is 16.6. The van der Waals surface area contributed by atoms with Gasteiger partial charge < -0.3 is 19.9 Å². The minimum absolute atomic E-state index is 0.00386. The summed E-state index contributed by atoms with van der Waals surface area (Å²) < 4.78 is 16.6. The molecule has 0 spiro atoms. The molecule has 2 aliphatic rings. The fourth-order valence-corrected chi connectivity index (χ4v) is 2.19. The summed E-state index contributed by atoms with van der Waals surface area (Å²) in [5.74, 6) is 1.60. The molecule has 3 rings (SSSR count). The summed E-state index contributed by atoms with van der Waals surface area (Å²) >= 11 is 0. The molecule has 2 unspecified atom stereocenters. The first-order valence-corrected chi connectivity index (χ1v) is 5.61. The lowest BCUT2D eigenvalue weighted by Gasteiger charge is -2.21. The number of ether oxygens (including phenoxy) is 3. The van der Waals surface area contributed by atoms with Crippen LogP contribution < -0.4 is 15.2 Å². The van der Waals surface area contributed by atoms with E-state index < -0.39 is 0 Å². The van der Waals surface area contributed by atoms with E-state index in [1.54, 1.807) is 0 Å². The van der Waals surface area contributed by atoms with Crippen molar-refractivity contribution in [2.45, 2.75) is 18.6 Å². The summed E-state index contributed by atoms with van der Waals surface area (Å²) in [6, 6.07) is 5.99. The lowest BCUT2D eigenvalue weighted by Crippen LogP contribution is -2.23. The van der Waals surface area contributed by atoms with Gasteiger partial charge in [-0.25, -0.2) is 0 Å². The minimum atomic E-state index is -0.00386. The molecule has 1 saturated heterocycles. The Kier molecular flexibility index (Phi) is 2.46. The van der Waals surface area contributed by atoms with Crippen molar-refractivity contribution in [1.29, 1.82) is 0 Å². The SMILES string of the molecule is NC1CCOC1c1ccc2c(c1)OCCO2. The second-order valence-electron chi connectivity index (χ2n) is 4.15. The number of hydrogen-bond acceptors (Lipinski definition) is 4. The van der Waals surface area contributed by atoms with Crippen LogP contribution in [0.15, 0.2) is 18.2 Å². The second kappa shape index (κ2) is 3.96. The molecule has 0 aliphatic carbocycles. The predicted molar refractivity (Wildman–Crippen MR) is 58.7 cm³/mol. The molecular formula is C12H15NO3. The van der Waals surface area contributed by atoms with Gasteiger partial charge in [-0.2, -0.15) is 0 Å². The third-order valence-corrected chi connectivity index (χ3v) is 3.03. The molecule has 2 aliphatic heterocycles. The molecule has 1 aromatic carbocycles. The maximum absolute atomic E-state index is 5.99. The van der Waals surface area contributed by atoms with Gasteiger partial charge in [0.15, 0.2) is 11.5 Å². The van der Waals surface area contributed by atoms with Crippen LogP contribution in [0.1, 0.15) is 18.1 Å². The van der Waals surface area contributed by atoms with Crippen LogP contribution in [-0.4, -0.2) is 25.9 Å². The first-order valence-electron chi connectivity index (χ1n) is 5.61. The monoisotopic (exact) mass is 221 g/mol. The van der Waals surface area contributed by atoms with E-state index in [-0.39, 0.29) is 12.1 Å². The van der Waals surface area contributed by atoms with Crippen molar-refractivity contribution >= 4 is 0 Å². The van der Waals surface area contributed by atoms with Gasteiger partial charge in [-0.15, -0.1) is 0 Å². The molecule has 0 radical (unpaired) electrons. The molecule has 0 aromatic heterocycles. The van der Waals surface area contributed by atoms with Crippen molar-refractivity contribution in [2.24, 2.45) is 5.73 Å². The Bertz CT molecular complexity index is 394. The molecule has 16 heavy (non-hydrogen) atoms. The molecular weight excluding hydrogens is 206 g/mol. The van der Waals surface area contributed by atoms with Crippen LogP contribution >= 0.6 is 0 Å². The Labute approximate surface area is 94.3 Å². The topological polar surface area (TPSA) is 53.7 Å². The van der Waals surface area contributed by atoms with Gasteiger partial charge in [0, 0.05) is 12.6 Å². The normalized spacial score (nSPS) is 28.1. The maximum Gasteiger partial charge on any atom is 0.161 e. The average Bonchev–Trinajstić information content (AvgIpc) is 2.75. The average molecular weight is 221 g/mol. The zero-order valence-corrected chi connectivity index (χ0v) is 9.02. The van der Waals surface area contributed by atoms with Crippen LogP contribution in [0, 0.1) is 0 Å². The highest BCUT2D eigenvalue weighted by Gasteiger charge is 2.27. The van der Waals surface area contributed by atoms with Crippen LogP contribution in [-0.2, 0) is 4.74 Å². The largest absolute Gasteiger partial charge is 0.486 e. The zero-order chi connectivity index (χ0) is 11.0. The lowest BCUT2D eigenvalue weighted by atomic mass is 10.0. The molecule has 0 amide bonds. The summed E-state index contributed by atoms with van der Waals surface area (Å²) in [6.07, 6.45) is 0.912. The van der Waals surface area contributed by atoms with Crippen LogP contribution in [0.4, 0.5) is 0 Å². The zero-order valence-electron chi connectivity index (χ0n) is 9.02. The molecule has 2 heterocycles. The molecule has 86 valence electrons. The summed E-state index contributed by atoms with van der Waals surface area (Å²) in [6.45, 7) is 1.96. The Morgan fingerprint density at radius 2 is 1.88 bits per heavy atom. The van der Waals surface area contributed by atoms with Crippen LogP contribution in [0.2, 0.25) is 0 Å². The lowest BCUT2D eigenvalue weighted by molar-refractivity contribution is 0.104. The van der Waals surface area contributed by atoms with Gasteiger partial charge in [0.05, 0.1) is 6.10 Å². The third kappa shape index (κ3) is 1.64. The summed E-state index contributed by atoms with van der Waals surface area (Å²) in [4.78, 5) is 0. The van der Waals surface area contributed by atoms with Crippen LogP contribution in [0.5, 0.6) is 11.5 Å². The highest BCUT2D eigenvalue weighted by Crippen LogP contribution is 2.36. The Balaban J connectivity index is 1.90. The van der Waals surface area contributed by atoms with Crippen molar-refractivity contribution in [1.82, 2.24) is 0 Å². The molecule has 1 fully saturated rings. The summed E-state index contributed by atoms with van der Waals surface area (Å²) in [5, 5.41) is 0. The van der Waals surface area contributed by atoms with Gasteiger partial charge in [0.2, 0.25) is 0 Å². The second-order valence-corrected chi connectivity index (χ2v) is 4.15. The molecule has 0 saturated carbocycles. The molecule has 4 heteroatoms. The molecule has 4 nitrogen and oxygen atoms in total. The quantitative estimate of drug-likeness (QED) is 0.775. The Morgan fingerprint density at radius 1 is 1.06 bits per heavy atom. The van der Waals surface area contributed by atoms with Crippen molar-refractivity contribution in [2.75, 3.05) is 19.8 Å². The number of nitrogens with two attached hydrogens (primary N) is 1. The number of fused-ring (bicyclic) bond motifs is 1. The van der Waals surface area contributed by atoms with Crippen molar-refractivity contribution in [3.05, 3.63) is 23.8 Å². The maximum atomic E-state index is 5.99. The smallest absolute Gasteiger partial charge is 0.161 e. The van der Waals surface area contributed by atoms with Gasteiger partial charge in [-0.1, -0.05) is 6.07 Å². The number of benzene rings is 1. The van der Waals surface area contributed by atoms with E-state index >= 15 is 0 Å². The van der Waals surface area contributed by atoms with E-state index in [1.165, 1.54) is 0 Å². The minimum Gasteiger partial charge on any atom is -0.486 e. The fraction of sp³-hybridized carbons (Fsp3) is 0.500. The standard InChI is InChI=1S/C12H15NO3/c13-9-3-4-16-12(9)8-1-2-10-11(7-8)15-6-5-14-10/h1-2,7,9,12H,3-6,13H2. The van der Waals surface area contributed by atoms with Gasteiger partial charge in [0.1, 0.15) is 13.2 Å². The van der Waals surface area contributed by atoms with E-state index in [9.17, 15) is 0 Å². The fourth-order valence-electron chi connectivity index (χ4n) is 2.19. The van der Waals surface area contributed by atoms with E-state index in [1.807, 2.05) is 18.2 Å². The van der Waals surface area contributed by atoms with Crippen molar-refractivity contribution in [3.8, 4) is 11.5 Å². The first kappa shape index (κ1) is 9.93. The van der Waals surface area contributed by atoms with Crippen LogP contribution in [0.3, 0.4) is 0 Å². The summed E-state index contributed by atoms with van der Waals surface area (Å²) in [7, 11) is 0. The van der Waals surface area contributed by atoms with Crippen molar-refractivity contribution < 1.29 is 14.2 Å². The Hall–Kier alpha value is -1.26. The first-order chi connectivity index (χ1) is 7.84. The molecule has 2 atom stereocenters. The van der Waals surface area contributed by atoms with Crippen molar-refractivity contribution in [3.63, 3.8) is 0 Å². The van der Waals surface area contributed by atoms with Gasteiger partial charge in [-0.3, -0.25) is 0 Å².